The van der Waals surface area contributed by atoms with Gasteiger partial charge in [0.05, 0.1) is 12.2 Å². The molecule has 3 atom stereocenters. The molecule has 0 aromatic rings. The highest BCUT2D eigenvalue weighted by atomic mass is 16.5. The maximum Gasteiger partial charge on any atom is 0.0836 e. The molecule has 0 bridgehead atoms. The second-order valence-corrected chi connectivity index (χ2v) is 4.77. The molecule has 0 aliphatic heterocycles. The summed E-state index contributed by atoms with van der Waals surface area (Å²) in [6, 6.07) is 0. The van der Waals surface area contributed by atoms with E-state index >= 15 is 0 Å². The Kier molecular flexibility index (Phi) is 6.26. The lowest BCUT2D eigenvalue weighted by Gasteiger charge is -2.32. The summed E-state index contributed by atoms with van der Waals surface area (Å²) < 4.78 is 5.78. The zero-order valence-corrected chi connectivity index (χ0v) is 10.2. The molecule has 3 unspecified atom stereocenters. The molecule has 0 heterocycles. The van der Waals surface area contributed by atoms with Gasteiger partial charge in [-0.25, -0.2) is 0 Å². The van der Waals surface area contributed by atoms with E-state index in [2.05, 4.69) is 13.8 Å². The first kappa shape index (κ1) is 13.0. The summed E-state index contributed by atoms with van der Waals surface area (Å²) in [5.74, 6) is 0.768. The number of unbranched alkanes of at least 4 members (excludes halogenated alkanes) is 2. The van der Waals surface area contributed by atoms with Crippen LogP contribution in [0.25, 0.3) is 0 Å². The van der Waals surface area contributed by atoms with Gasteiger partial charge in [0.25, 0.3) is 0 Å². The summed E-state index contributed by atoms with van der Waals surface area (Å²) in [7, 11) is 0. The van der Waals surface area contributed by atoms with Crippen LogP contribution in [-0.2, 0) is 4.74 Å². The summed E-state index contributed by atoms with van der Waals surface area (Å²) in [5, 5.41) is 9.81. The van der Waals surface area contributed by atoms with Gasteiger partial charge in [0.15, 0.2) is 0 Å². The molecule has 0 spiro atoms. The second-order valence-electron chi connectivity index (χ2n) is 4.77. The molecule has 1 fully saturated rings. The molecule has 1 aliphatic rings. The third-order valence-electron chi connectivity index (χ3n) is 3.52. The molecule has 1 N–H and O–H groups in total. The van der Waals surface area contributed by atoms with Gasteiger partial charge >= 0.3 is 0 Å². The van der Waals surface area contributed by atoms with Crippen molar-refractivity contribution in [1.82, 2.24) is 0 Å². The summed E-state index contributed by atoms with van der Waals surface area (Å²) in [5.41, 5.74) is 0. The Morgan fingerprint density at radius 1 is 1.20 bits per heavy atom. The van der Waals surface area contributed by atoms with Crippen LogP contribution in [0, 0.1) is 5.92 Å². The van der Waals surface area contributed by atoms with E-state index in [4.69, 9.17) is 4.74 Å². The maximum absolute atomic E-state index is 9.81. The van der Waals surface area contributed by atoms with Crippen molar-refractivity contribution in [3.8, 4) is 0 Å². The summed E-state index contributed by atoms with van der Waals surface area (Å²) in [6.45, 7) is 5.26. The van der Waals surface area contributed by atoms with Crippen molar-refractivity contribution >= 4 is 0 Å². The lowest BCUT2D eigenvalue weighted by Crippen LogP contribution is -2.36. The predicted octanol–water partition coefficient (Wildman–Crippen LogP) is 3.13. The molecule has 1 rings (SSSR count). The molecule has 1 saturated carbocycles. The number of rotatable bonds is 6. The Bertz CT molecular complexity index is 159. The van der Waals surface area contributed by atoms with Gasteiger partial charge in [-0.2, -0.15) is 0 Å². The number of aliphatic hydroxyl groups excluding tert-OH is 1. The summed E-state index contributed by atoms with van der Waals surface area (Å²) >= 11 is 0. The van der Waals surface area contributed by atoms with E-state index in [0.29, 0.717) is 0 Å². The van der Waals surface area contributed by atoms with Crippen molar-refractivity contribution in [3.63, 3.8) is 0 Å². The molecule has 0 aromatic heterocycles. The standard InChI is InChI=1S/C13H26O2/c1-3-5-6-9-15-13-10-11(4-2)7-8-12(13)14/h11-14H,3-10H2,1-2H3. The largest absolute Gasteiger partial charge is 0.390 e. The number of hydrogen-bond acceptors (Lipinski definition) is 2. The third-order valence-corrected chi connectivity index (χ3v) is 3.52. The maximum atomic E-state index is 9.81. The average Bonchev–Trinajstić information content (AvgIpc) is 2.26. The van der Waals surface area contributed by atoms with Crippen LogP contribution in [-0.4, -0.2) is 23.9 Å². The fourth-order valence-electron chi connectivity index (χ4n) is 2.33. The van der Waals surface area contributed by atoms with Crippen molar-refractivity contribution in [1.29, 1.82) is 0 Å². The van der Waals surface area contributed by atoms with Crippen molar-refractivity contribution in [2.24, 2.45) is 5.92 Å². The first-order chi connectivity index (χ1) is 7.27. The zero-order valence-electron chi connectivity index (χ0n) is 10.2. The number of aliphatic hydroxyl groups is 1. The SMILES string of the molecule is CCCCCOC1CC(CC)CCC1O. The predicted molar refractivity (Wildman–Crippen MR) is 62.9 cm³/mol. The van der Waals surface area contributed by atoms with Crippen LogP contribution in [0.15, 0.2) is 0 Å². The number of hydrogen-bond donors (Lipinski definition) is 1. The van der Waals surface area contributed by atoms with Crippen molar-refractivity contribution < 1.29 is 9.84 Å². The van der Waals surface area contributed by atoms with E-state index < -0.39 is 0 Å². The smallest absolute Gasteiger partial charge is 0.0836 e. The molecule has 1 aliphatic carbocycles. The van der Waals surface area contributed by atoms with E-state index in [1.54, 1.807) is 0 Å². The molecule has 0 aromatic carbocycles. The minimum Gasteiger partial charge on any atom is -0.390 e. The molecule has 2 heteroatoms. The Balaban J connectivity index is 2.19. The molecule has 0 radical (unpaired) electrons. The highest BCUT2D eigenvalue weighted by molar-refractivity contribution is 4.79. The van der Waals surface area contributed by atoms with Gasteiger partial charge in [-0.3, -0.25) is 0 Å². The van der Waals surface area contributed by atoms with Crippen molar-refractivity contribution in [2.45, 2.75) is 71.0 Å². The third kappa shape index (κ3) is 4.52. The fourth-order valence-corrected chi connectivity index (χ4v) is 2.33. The highest BCUT2D eigenvalue weighted by Gasteiger charge is 2.28. The average molecular weight is 214 g/mol. The topological polar surface area (TPSA) is 29.5 Å². The quantitative estimate of drug-likeness (QED) is 0.688. The van der Waals surface area contributed by atoms with E-state index in [9.17, 15) is 5.11 Å². The Morgan fingerprint density at radius 3 is 2.67 bits per heavy atom. The van der Waals surface area contributed by atoms with Gasteiger partial charge < -0.3 is 9.84 Å². The van der Waals surface area contributed by atoms with Crippen LogP contribution in [0.1, 0.15) is 58.8 Å². The van der Waals surface area contributed by atoms with Gasteiger partial charge in [-0.1, -0.05) is 33.1 Å². The summed E-state index contributed by atoms with van der Waals surface area (Å²) in [4.78, 5) is 0. The normalized spacial score (nSPS) is 31.8. The Morgan fingerprint density at radius 2 is 2.00 bits per heavy atom. The Hall–Kier alpha value is -0.0800. The van der Waals surface area contributed by atoms with E-state index in [1.165, 1.54) is 25.7 Å². The van der Waals surface area contributed by atoms with Crippen LogP contribution in [0.5, 0.6) is 0 Å². The van der Waals surface area contributed by atoms with Crippen LogP contribution in [0.3, 0.4) is 0 Å². The second kappa shape index (κ2) is 7.24. The van der Waals surface area contributed by atoms with Crippen molar-refractivity contribution in [2.75, 3.05) is 6.61 Å². The van der Waals surface area contributed by atoms with Gasteiger partial charge in [0, 0.05) is 6.61 Å². The van der Waals surface area contributed by atoms with Gasteiger partial charge in [-0.05, 0) is 31.6 Å². The van der Waals surface area contributed by atoms with Gasteiger partial charge in [0.2, 0.25) is 0 Å². The Labute approximate surface area is 94.0 Å². The minimum absolute atomic E-state index is 0.112. The first-order valence-corrected chi connectivity index (χ1v) is 6.57. The molecule has 0 saturated heterocycles. The molecule has 2 nitrogen and oxygen atoms in total. The van der Waals surface area contributed by atoms with Crippen molar-refractivity contribution in [3.05, 3.63) is 0 Å². The van der Waals surface area contributed by atoms with Gasteiger partial charge in [-0.15, -0.1) is 0 Å². The fraction of sp³-hybridized carbons (Fsp3) is 1.00. The van der Waals surface area contributed by atoms with E-state index in [1.807, 2.05) is 0 Å². The molecule has 90 valence electrons. The van der Waals surface area contributed by atoms with Crippen LogP contribution >= 0.6 is 0 Å². The lowest BCUT2D eigenvalue weighted by molar-refractivity contribution is -0.0723. The zero-order chi connectivity index (χ0) is 11.1. The molecule has 0 amide bonds. The number of ether oxygens (including phenoxy) is 1. The first-order valence-electron chi connectivity index (χ1n) is 6.57. The molecular formula is C13H26O2. The molecule has 15 heavy (non-hydrogen) atoms. The van der Waals surface area contributed by atoms with Crippen LogP contribution in [0.2, 0.25) is 0 Å². The molecular weight excluding hydrogens is 188 g/mol. The van der Waals surface area contributed by atoms with Gasteiger partial charge in [0.1, 0.15) is 0 Å². The lowest BCUT2D eigenvalue weighted by atomic mass is 9.84. The van der Waals surface area contributed by atoms with E-state index in [-0.39, 0.29) is 12.2 Å². The minimum atomic E-state index is -0.213. The van der Waals surface area contributed by atoms with E-state index in [0.717, 1.165) is 31.8 Å². The highest BCUT2D eigenvalue weighted by Crippen LogP contribution is 2.28. The summed E-state index contributed by atoms with van der Waals surface area (Å²) in [6.07, 6.45) is 7.88. The monoisotopic (exact) mass is 214 g/mol. The van der Waals surface area contributed by atoms with Crippen LogP contribution in [0.4, 0.5) is 0 Å². The van der Waals surface area contributed by atoms with Crippen LogP contribution < -0.4 is 0 Å².